The number of nitrogens with zero attached hydrogens (tertiary/aromatic N) is 5. The molecule has 178 valence electrons. The molecule has 0 spiro atoms. The summed E-state index contributed by atoms with van der Waals surface area (Å²) in [6.07, 6.45) is 5.24. The van der Waals surface area contributed by atoms with Crippen molar-refractivity contribution in [2.45, 2.75) is 52.7 Å². The molecule has 1 atom stereocenters. The van der Waals surface area contributed by atoms with Crippen molar-refractivity contribution < 1.29 is 9.53 Å². The van der Waals surface area contributed by atoms with Crippen LogP contribution in [-0.2, 0) is 11.3 Å². The van der Waals surface area contributed by atoms with Gasteiger partial charge in [0.25, 0.3) is 0 Å². The van der Waals surface area contributed by atoms with Crippen LogP contribution in [-0.4, -0.2) is 90.5 Å². The van der Waals surface area contributed by atoms with Gasteiger partial charge >= 0.3 is 0 Å². The predicted molar refractivity (Wildman–Crippen MR) is 128 cm³/mol. The maximum absolute atomic E-state index is 12.4. The Morgan fingerprint density at radius 1 is 1.12 bits per heavy atom. The molecular formula is C24H40N6O2. The molecule has 1 unspecified atom stereocenters. The molecule has 2 aliphatic heterocycles. The molecule has 1 aromatic rings. The Balaban J connectivity index is 1.44. The first-order valence-corrected chi connectivity index (χ1v) is 12.0. The first kappa shape index (κ1) is 24.3. The van der Waals surface area contributed by atoms with E-state index in [2.05, 4.69) is 45.9 Å². The lowest BCUT2D eigenvalue weighted by Gasteiger charge is -2.36. The Kier molecular flexibility index (Phi) is 9.14. The van der Waals surface area contributed by atoms with Crippen molar-refractivity contribution in [3.63, 3.8) is 0 Å². The van der Waals surface area contributed by atoms with E-state index < -0.39 is 0 Å². The van der Waals surface area contributed by atoms with E-state index in [1.54, 1.807) is 6.20 Å². The minimum atomic E-state index is 0.145. The monoisotopic (exact) mass is 444 g/mol. The molecule has 1 aromatic heterocycles. The normalized spacial score (nSPS) is 18.8. The number of hydrogen-bond donors (Lipinski definition) is 1. The summed E-state index contributed by atoms with van der Waals surface area (Å²) in [4.78, 5) is 27.8. The summed E-state index contributed by atoms with van der Waals surface area (Å²) in [5.74, 6) is 2.43. The van der Waals surface area contributed by atoms with E-state index in [0.29, 0.717) is 24.9 Å². The lowest BCUT2D eigenvalue weighted by atomic mass is 10.1. The number of carbonyl (C=O) groups excluding carboxylic acids is 1. The molecule has 0 saturated carbocycles. The first-order chi connectivity index (χ1) is 15.4. The van der Waals surface area contributed by atoms with Crippen LogP contribution in [0.1, 0.15) is 45.6 Å². The quantitative estimate of drug-likeness (QED) is 0.490. The molecule has 0 bridgehead atoms. The van der Waals surface area contributed by atoms with Crippen molar-refractivity contribution in [2.75, 3.05) is 52.9 Å². The van der Waals surface area contributed by atoms with E-state index in [-0.39, 0.29) is 12.0 Å². The Morgan fingerprint density at radius 3 is 2.50 bits per heavy atom. The zero-order valence-corrected chi connectivity index (χ0v) is 20.2. The summed E-state index contributed by atoms with van der Waals surface area (Å²) in [5, 5.41) is 3.47. The highest BCUT2D eigenvalue weighted by Gasteiger charge is 2.24. The van der Waals surface area contributed by atoms with E-state index in [1.807, 2.05) is 24.1 Å². The van der Waals surface area contributed by atoms with Gasteiger partial charge in [0.2, 0.25) is 11.8 Å². The highest BCUT2D eigenvalue weighted by atomic mass is 16.5. The summed E-state index contributed by atoms with van der Waals surface area (Å²) in [6, 6.07) is 4.00. The van der Waals surface area contributed by atoms with E-state index in [4.69, 9.17) is 4.74 Å². The van der Waals surface area contributed by atoms with Gasteiger partial charge in [-0.25, -0.2) is 4.98 Å². The van der Waals surface area contributed by atoms with Crippen molar-refractivity contribution in [1.82, 2.24) is 25.0 Å². The first-order valence-electron chi connectivity index (χ1n) is 12.0. The summed E-state index contributed by atoms with van der Waals surface area (Å²) in [6.45, 7) is 13.0. The van der Waals surface area contributed by atoms with Crippen LogP contribution in [0.25, 0.3) is 0 Å². The number of pyridine rings is 1. The highest BCUT2D eigenvalue weighted by molar-refractivity contribution is 5.80. The summed E-state index contributed by atoms with van der Waals surface area (Å²) in [5.41, 5.74) is 1.11. The Labute approximate surface area is 193 Å². The second-order valence-electron chi connectivity index (χ2n) is 9.31. The van der Waals surface area contributed by atoms with E-state index >= 15 is 0 Å². The maximum Gasteiger partial charge on any atom is 0.236 e. The summed E-state index contributed by atoms with van der Waals surface area (Å²) in [7, 11) is 1.82. The van der Waals surface area contributed by atoms with E-state index in [9.17, 15) is 4.79 Å². The van der Waals surface area contributed by atoms with Crippen LogP contribution in [0.2, 0.25) is 0 Å². The number of nitrogens with one attached hydrogen (secondary N) is 1. The molecule has 3 heterocycles. The molecule has 2 saturated heterocycles. The third kappa shape index (κ3) is 7.36. The lowest BCUT2D eigenvalue weighted by molar-refractivity contribution is -0.131. The van der Waals surface area contributed by atoms with Gasteiger partial charge in [0.15, 0.2) is 5.96 Å². The molecule has 0 aromatic carbocycles. The highest BCUT2D eigenvalue weighted by Crippen LogP contribution is 2.15. The van der Waals surface area contributed by atoms with Crippen LogP contribution in [0.4, 0.5) is 0 Å². The average Bonchev–Trinajstić information content (AvgIpc) is 3.30. The molecule has 2 aliphatic rings. The molecule has 0 aliphatic carbocycles. The maximum atomic E-state index is 12.4. The van der Waals surface area contributed by atoms with Gasteiger partial charge in [0.1, 0.15) is 0 Å². The fourth-order valence-electron chi connectivity index (χ4n) is 4.43. The van der Waals surface area contributed by atoms with Crippen LogP contribution in [0.15, 0.2) is 23.3 Å². The number of aromatic nitrogens is 1. The molecule has 1 amide bonds. The Hall–Kier alpha value is -2.35. The molecule has 8 nitrogen and oxygen atoms in total. The summed E-state index contributed by atoms with van der Waals surface area (Å²) >= 11 is 0. The second kappa shape index (κ2) is 12.0. The number of amides is 1. The van der Waals surface area contributed by atoms with Gasteiger partial charge in [-0.05, 0) is 43.7 Å². The van der Waals surface area contributed by atoms with Crippen molar-refractivity contribution in [1.29, 1.82) is 0 Å². The van der Waals surface area contributed by atoms with Crippen LogP contribution < -0.4 is 10.1 Å². The van der Waals surface area contributed by atoms with Gasteiger partial charge in [-0.15, -0.1) is 0 Å². The third-order valence-corrected chi connectivity index (χ3v) is 6.08. The number of carbonyl (C=O) groups is 1. The fraction of sp³-hybridized carbons (Fsp3) is 0.708. The zero-order valence-electron chi connectivity index (χ0n) is 20.2. The molecule has 8 heteroatoms. The standard InChI is InChI=1S/C24H40N6O2/c1-19(2)15-20(3)32-22-16-21(7-8-26-22)17-27-24(25-4)30-13-11-28(12-14-30)18-23(31)29-9-5-6-10-29/h7-8,16,19-20H,5-6,9-15,17-18H2,1-4H3,(H,25,27). The number of aliphatic imine (C=N–C) groups is 1. The second-order valence-corrected chi connectivity index (χ2v) is 9.31. The zero-order chi connectivity index (χ0) is 22.9. The average molecular weight is 445 g/mol. The minimum absolute atomic E-state index is 0.145. The van der Waals surface area contributed by atoms with E-state index in [0.717, 1.165) is 70.1 Å². The largest absolute Gasteiger partial charge is 0.475 e. The number of piperazine rings is 1. The van der Waals surface area contributed by atoms with Gasteiger partial charge in [-0.2, -0.15) is 0 Å². The number of hydrogen-bond acceptors (Lipinski definition) is 5. The number of guanidine groups is 1. The lowest BCUT2D eigenvalue weighted by Crippen LogP contribution is -2.54. The Bertz CT molecular complexity index is 755. The SMILES string of the molecule is CN=C(NCc1ccnc(OC(C)CC(C)C)c1)N1CCN(CC(=O)N2CCCC2)CC1. The van der Waals surface area contributed by atoms with Crippen molar-refractivity contribution >= 4 is 11.9 Å². The van der Waals surface area contributed by atoms with Crippen LogP contribution in [0, 0.1) is 5.92 Å². The van der Waals surface area contributed by atoms with Crippen LogP contribution >= 0.6 is 0 Å². The molecule has 0 radical (unpaired) electrons. The fourth-order valence-corrected chi connectivity index (χ4v) is 4.43. The molecule has 2 fully saturated rings. The minimum Gasteiger partial charge on any atom is -0.475 e. The van der Waals surface area contributed by atoms with Crippen LogP contribution in [0.5, 0.6) is 5.88 Å². The topological polar surface area (TPSA) is 73.3 Å². The predicted octanol–water partition coefficient (Wildman–Crippen LogP) is 2.21. The van der Waals surface area contributed by atoms with Gasteiger partial charge in [0, 0.05) is 65.1 Å². The van der Waals surface area contributed by atoms with Gasteiger partial charge < -0.3 is 19.9 Å². The molecule has 32 heavy (non-hydrogen) atoms. The van der Waals surface area contributed by atoms with Crippen molar-refractivity contribution in [3.05, 3.63) is 23.9 Å². The molecule has 1 N–H and O–H groups in total. The number of rotatable bonds is 8. The number of likely N-dealkylation sites (tertiary alicyclic amines) is 1. The smallest absolute Gasteiger partial charge is 0.236 e. The van der Waals surface area contributed by atoms with E-state index in [1.165, 1.54) is 0 Å². The summed E-state index contributed by atoms with van der Waals surface area (Å²) < 4.78 is 5.98. The van der Waals surface area contributed by atoms with Gasteiger partial charge in [0.05, 0.1) is 12.6 Å². The third-order valence-electron chi connectivity index (χ3n) is 6.08. The molecule has 3 rings (SSSR count). The van der Waals surface area contributed by atoms with Crippen LogP contribution in [0.3, 0.4) is 0 Å². The van der Waals surface area contributed by atoms with Crippen molar-refractivity contribution in [2.24, 2.45) is 10.9 Å². The van der Waals surface area contributed by atoms with Crippen molar-refractivity contribution in [3.8, 4) is 5.88 Å². The van der Waals surface area contributed by atoms with Gasteiger partial charge in [-0.3, -0.25) is 14.7 Å². The van der Waals surface area contributed by atoms with Gasteiger partial charge in [-0.1, -0.05) is 13.8 Å². The molecular weight excluding hydrogens is 404 g/mol. The Morgan fingerprint density at radius 2 is 1.84 bits per heavy atom. The number of ether oxygens (including phenoxy) is 1.